The molecule has 2 aromatic rings. The third kappa shape index (κ3) is 5.00. The fourth-order valence-corrected chi connectivity index (χ4v) is 5.92. The van der Waals surface area contributed by atoms with Gasteiger partial charge in [0.2, 0.25) is 20.0 Å². The van der Waals surface area contributed by atoms with Crippen molar-refractivity contribution in [3.05, 3.63) is 53.8 Å². The Hall–Kier alpha value is -2.01. The minimum Gasteiger partial charge on any atom is -0.494 e. The van der Waals surface area contributed by atoms with Gasteiger partial charge in [-0.05, 0) is 42.0 Å². The fourth-order valence-electron chi connectivity index (χ4n) is 3.02. The Labute approximate surface area is 178 Å². The maximum Gasteiger partial charge on any atom is 0.243 e. The van der Waals surface area contributed by atoms with Crippen molar-refractivity contribution in [2.24, 2.45) is 0 Å². The summed E-state index contributed by atoms with van der Waals surface area (Å²) < 4.78 is 72.6. The van der Waals surface area contributed by atoms with Gasteiger partial charge >= 0.3 is 0 Å². The number of hydrogen-bond acceptors (Lipinski definition) is 5. The van der Waals surface area contributed by atoms with E-state index in [0.717, 1.165) is 0 Å². The Bertz CT molecular complexity index is 1070. The Morgan fingerprint density at radius 1 is 0.800 bits per heavy atom. The number of halogens is 1. The molecule has 0 atom stereocenters. The minimum absolute atomic E-state index is 0.0285. The molecular weight excluding hydrogens is 431 g/mol. The van der Waals surface area contributed by atoms with E-state index in [1.807, 2.05) is 0 Å². The van der Waals surface area contributed by atoms with E-state index in [1.54, 1.807) is 26.8 Å². The molecule has 166 valence electrons. The Kier molecular flexibility index (Phi) is 7.98. The third-order valence-corrected chi connectivity index (χ3v) is 8.73. The zero-order chi connectivity index (χ0) is 22.5. The first-order valence-electron chi connectivity index (χ1n) is 9.54. The molecule has 0 aliphatic rings. The van der Waals surface area contributed by atoms with Crippen molar-refractivity contribution in [2.45, 2.75) is 37.1 Å². The molecule has 0 amide bonds. The number of ether oxygens (including phenoxy) is 1. The third-order valence-electron chi connectivity index (χ3n) is 4.73. The van der Waals surface area contributed by atoms with Crippen LogP contribution in [-0.4, -0.2) is 52.2 Å². The molecule has 30 heavy (non-hydrogen) atoms. The summed E-state index contributed by atoms with van der Waals surface area (Å²) in [7, 11) is -6.23. The number of methoxy groups -OCH3 is 1. The molecule has 7 nitrogen and oxygen atoms in total. The highest BCUT2D eigenvalue weighted by Gasteiger charge is 2.26. The van der Waals surface area contributed by atoms with Crippen molar-refractivity contribution in [3.8, 4) is 5.75 Å². The Balaban J connectivity index is 2.31. The molecule has 0 aliphatic heterocycles. The van der Waals surface area contributed by atoms with Crippen LogP contribution in [0.2, 0.25) is 0 Å². The molecule has 10 heteroatoms. The van der Waals surface area contributed by atoms with Gasteiger partial charge in [0.1, 0.15) is 0 Å². The van der Waals surface area contributed by atoms with Crippen LogP contribution in [0.25, 0.3) is 0 Å². The first-order valence-corrected chi connectivity index (χ1v) is 12.4. The van der Waals surface area contributed by atoms with E-state index in [2.05, 4.69) is 0 Å². The number of sulfonamides is 2. The second kappa shape index (κ2) is 9.86. The van der Waals surface area contributed by atoms with Crippen LogP contribution in [0, 0.1) is 5.82 Å². The highest BCUT2D eigenvalue weighted by atomic mass is 32.2. The van der Waals surface area contributed by atoms with Crippen LogP contribution < -0.4 is 4.74 Å². The number of hydrogen-bond donors (Lipinski definition) is 0. The van der Waals surface area contributed by atoms with Gasteiger partial charge in [-0.25, -0.2) is 21.2 Å². The van der Waals surface area contributed by atoms with Crippen molar-refractivity contribution in [3.63, 3.8) is 0 Å². The minimum atomic E-state index is -3.90. The highest BCUT2D eigenvalue weighted by molar-refractivity contribution is 7.89. The van der Waals surface area contributed by atoms with Gasteiger partial charge in [-0.3, -0.25) is 0 Å². The van der Waals surface area contributed by atoms with Crippen LogP contribution in [-0.2, 0) is 26.6 Å². The van der Waals surface area contributed by atoms with Gasteiger partial charge in [-0.1, -0.05) is 26.8 Å². The second-order valence-electron chi connectivity index (χ2n) is 6.46. The summed E-state index contributed by atoms with van der Waals surface area (Å²) in [5, 5.41) is 0. The summed E-state index contributed by atoms with van der Waals surface area (Å²) in [4.78, 5) is 0.00209. The second-order valence-corrected chi connectivity index (χ2v) is 10.3. The Morgan fingerprint density at radius 2 is 1.27 bits per heavy atom. The van der Waals surface area contributed by atoms with E-state index < -0.39 is 25.9 Å². The molecule has 0 bridgehead atoms. The summed E-state index contributed by atoms with van der Waals surface area (Å²) >= 11 is 0. The number of rotatable bonds is 10. The zero-order valence-corrected chi connectivity index (χ0v) is 19.1. The smallest absolute Gasteiger partial charge is 0.243 e. The van der Waals surface area contributed by atoms with Crippen molar-refractivity contribution in [2.75, 3.05) is 26.7 Å². The van der Waals surface area contributed by atoms with Crippen LogP contribution in [0.4, 0.5) is 4.39 Å². The van der Waals surface area contributed by atoms with Crippen molar-refractivity contribution >= 4 is 20.0 Å². The van der Waals surface area contributed by atoms with Gasteiger partial charge in [0.05, 0.1) is 16.9 Å². The molecular formula is C20H27FN2O5S2. The van der Waals surface area contributed by atoms with E-state index in [-0.39, 0.29) is 28.6 Å². The quantitative estimate of drug-likeness (QED) is 0.546. The molecule has 0 saturated carbocycles. The zero-order valence-electron chi connectivity index (χ0n) is 17.5. The number of nitrogens with zero attached hydrogens (tertiary/aromatic N) is 2. The molecule has 2 aromatic carbocycles. The summed E-state index contributed by atoms with van der Waals surface area (Å²) in [5.41, 5.74) is 0.472. The molecule has 0 aliphatic carbocycles. The first kappa shape index (κ1) is 24.3. The topological polar surface area (TPSA) is 84.0 Å². The van der Waals surface area contributed by atoms with E-state index >= 15 is 0 Å². The van der Waals surface area contributed by atoms with Crippen LogP contribution in [0.5, 0.6) is 5.75 Å². The normalized spacial score (nSPS) is 12.5. The van der Waals surface area contributed by atoms with Gasteiger partial charge in [0.15, 0.2) is 11.6 Å². The molecule has 0 N–H and O–H groups in total. The van der Waals surface area contributed by atoms with E-state index in [9.17, 15) is 21.2 Å². The fraction of sp³-hybridized carbons (Fsp3) is 0.400. The molecule has 0 heterocycles. The van der Waals surface area contributed by atoms with Crippen molar-refractivity contribution in [1.29, 1.82) is 0 Å². The average molecular weight is 459 g/mol. The van der Waals surface area contributed by atoms with E-state index in [4.69, 9.17) is 4.74 Å². The van der Waals surface area contributed by atoms with E-state index in [1.165, 1.54) is 52.1 Å². The monoisotopic (exact) mass is 458 g/mol. The van der Waals surface area contributed by atoms with E-state index in [0.29, 0.717) is 18.7 Å². The molecule has 2 rings (SSSR count). The lowest BCUT2D eigenvalue weighted by molar-refractivity contribution is 0.384. The molecule has 0 spiro atoms. The lowest BCUT2D eigenvalue weighted by atomic mass is 10.2. The molecule has 0 unspecified atom stereocenters. The number of benzene rings is 2. The van der Waals surface area contributed by atoms with Crippen LogP contribution >= 0.6 is 0 Å². The average Bonchev–Trinajstić information content (AvgIpc) is 2.72. The van der Waals surface area contributed by atoms with Gasteiger partial charge in [-0.15, -0.1) is 0 Å². The highest BCUT2D eigenvalue weighted by Crippen LogP contribution is 2.24. The predicted molar refractivity (Wildman–Crippen MR) is 113 cm³/mol. The molecule has 0 saturated heterocycles. The lowest BCUT2D eigenvalue weighted by Crippen LogP contribution is -2.31. The van der Waals surface area contributed by atoms with Crippen molar-refractivity contribution < 1.29 is 26.0 Å². The summed E-state index contributed by atoms with van der Waals surface area (Å²) in [6.07, 6.45) is 0. The molecule has 0 fully saturated rings. The predicted octanol–water partition coefficient (Wildman–Crippen LogP) is 3.08. The van der Waals surface area contributed by atoms with Gasteiger partial charge in [-0.2, -0.15) is 8.61 Å². The molecule has 0 aromatic heterocycles. The van der Waals surface area contributed by atoms with Gasteiger partial charge < -0.3 is 4.74 Å². The van der Waals surface area contributed by atoms with Crippen LogP contribution in [0.3, 0.4) is 0 Å². The van der Waals surface area contributed by atoms with Crippen LogP contribution in [0.15, 0.2) is 52.3 Å². The SMILES string of the molecule is CCN(CC)S(=O)(=O)c1ccc(S(=O)(=O)N(CC)Cc2ccc(OC)c(F)c2)cc1. The van der Waals surface area contributed by atoms with Gasteiger partial charge in [0, 0.05) is 26.2 Å². The summed E-state index contributed by atoms with van der Waals surface area (Å²) in [5.74, 6) is -0.496. The summed E-state index contributed by atoms with van der Waals surface area (Å²) in [6.45, 7) is 5.93. The van der Waals surface area contributed by atoms with Crippen molar-refractivity contribution in [1.82, 2.24) is 8.61 Å². The standard InChI is InChI=1S/C20H27FN2O5S2/c1-5-22(6-2)29(24,25)17-9-11-18(12-10-17)30(26,27)23(7-3)15-16-8-13-20(28-4)19(21)14-16/h8-14H,5-7,15H2,1-4H3. The van der Waals surface area contributed by atoms with Crippen LogP contribution in [0.1, 0.15) is 26.3 Å². The molecule has 0 radical (unpaired) electrons. The largest absolute Gasteiger partial charge is 0.494 e. The Morgan fingerprint density at radius 3 is 1.67 bits per heavy atom. The maximum atomic E-state index is 14.0. The first-order chi connectivity index (χ1) is 14.1. The van der Waals surface area contributed by atoms with Gasteiger partial charge in [0.25, 0.3) is 0 Å². The lowest BCUT2D eigenvalue weighted by Gasteiger charge is -2.22. The summed E-state index contributed by atoms with van der Waals surface area (Å²) in [6, 6.07) is 9.42. The maximum absolute atomic E-state index is 14.0.